The van der Waals surface area contributed by atoms with Gasteiger partial charge in [-0.1, -0.05) is 12.8 Å². The third kappa shape index (κ3) is 3.38. The summed E-state index contributed by atoms with van der Waals surface area (Å²) in [5, 5.41) is 22.6. The summed E-state index contributed by atoms with van der Waals surface area (Å²) >= 11 is 0. The van der Waals surface area contributed by atoms with Crippen LogP contribution in [-0.4, -0.2) is 67.9 Å². The quantitative estimate of drug-likeness (QED) is 0.677. The van der Waals surface area contributed by atoms with Gasteiger partial charge in [0, 0.05) is 13.2 Å². The van der Waals surface area contributed by atoms with Crippen LogP contribution in [0.2, 0.25) is 0 Å². The number of imidazole rings is 1. The maximum atomic E-state index is 14.6. The third-order valence-electron chi connectivity index (χ3n) is 5.19. The standard InChI is InChI=1S/C17H24FN5O4/c1-26-7-11-21-15(20-9-4-2-3-5-9)13-16(22-11)23(8-19-13)17-12(18)14(25)10(6-24)27-17/h8-10,12,14,17,24-25H,2-7H2,1H3,(H,20,21,22)/t10-,12+,14-,17-/m1/s1. The molecule has 1 saturated heterocycles. The Bertz CT molecular complexity index is 797. The van der Waals surface area contributed by atoms with Crippen molar-refractivity contribution in [3.63, 3.8) is 0 Å². The normalized spacial score (nSPS) is 29.0. The molecule has 2 aromatic heterocycles. The minimum atomic E-state index is -1.70. The number of halogens is 1. The Kier molecular flexibility index (Phi) is 5.22. The van der Waals surface area contributed by atoms with Gasteiger partial charge >= 0.3 is 0 Å². The van der Waals surface area contributed by atoms with Crippen LogP contribution < -0.4 is 5.32 Å². The molecule has 2 fully saturated rings. The fraction of sp³-hybridized carbons (Fsp3) is 0.706. The third-order valence-corrected chi connectivity index (χ3v) is 5.19. The van der Waals surface area contributed by atoms with E-state index >= 15 is 0 Å². The smallest absolute Gasteiger partial charge is 0.173 e. The average molecular weight is 381 g/mol. The van der Waals surface area contributed by atoms with Gasteiger partial charge in [-0.15, -0.1) is 0 Å². The second kappa shape index (κ2) is 7.63. The van der Waals surface area contributed by atoms with Crippen LogP contribution >= 0.6 is 0 Å². The van der Waals surface area contributed by atoms with Gasteiger partial charge in [-0.3, -0.25) is 4.57 Å². The molecule has 3 N–H and O–H groups in total. The Balaban J connectivity index is 1.73. The first-order valence-electron chi connectivity index (χ1n) is 9.19. The van der Waals surface area contributed by atoms with Crippen LogP contribution in [0.4, 0.5) is 10.2 Å². The molecule has 2 aliphatic rings. The molecule has 9 nitrogen and oxygen atoms in total. The van der Waals surface area contributed by atoms with Crippen LogP contribution in [0.5, 0.6) is 0 Å². The number of rotatable bonds is 6. The lowest BCUT2D eigenvalue weighted by molar-refractivity contribution is -0.0459. The largest absolute Gasteiger partial charge is 0.394 e. The van der Waals surface area contributed by atoms with Crippen molar-refractivity contribution in [2.24, 2.45) is 0 Å². The van der Waals surface area contributed by atoms with Gasteiger partial charge in [-0.05, 0) is 12.8 Å². The van der Waals surface area contributed by atoms with E-state index in [0.717, 1.165) is 12.8 Å². The number of fused-ring (bicyclic) bond motifs is 1. The molecule has 0 unspecified atom stereocenters. The zero-order valence-electron chi connectivity index (χ0n) is 15.1. The molecule has 0 radical (unpaired) electrons. The van der Waals surface area contributed by atoms with E-state index < -0.39 is 31.2 Å². The summed E-state index contributed by atoms with van der Waals surface area (Å²) in [4.78, 5) is 13.3. The molecule has 1 aliphatic heterocycles. The molecule has 3 heterocycles. The van der Waals surface area contributed by atoms with Crippen LogP contribution in [0, 0.1) is 0 Å². The second-order valence-corrected chi connectivity index (χ2v) is 7.05. The summed E-state index contributed by atoms with van der Waals surface area (Å²) in [5.41, 5.74) is 0.912. The number of alkyl halides is 1. The van der Waals surface area contributed by atoms with E-state index in [-0.39, 0.29) is 6.61 Å². The van der Waals surface area contributed by atoms with Crippen LogP contribution in [0.1, 0.15) is 37.7 Å². The van der Waals surface area contributed by atoms with Crippen molar-refractivity contribution in [1.29, 1.82) is 0 Å². The van der Waals surface area contributed by atoms with Gasteiger partial charge in [-0.2, -0.15) is 0 Å². The number of nitrogens with one attached hydrogen (secondary N) is 1. The summed E-state index contributed by atoms with van der Waals surface area (Å²) in [5.74, 6) is 1.03. The number of ether oxygens (including phenoxy) is 2. The molecule has 148 valence electrons. The minimum Gasteiger partial charge on any atom is -0.394 e. The van der Waals surface area contributed by atoms with Gasteiger partial charge in [-0.25, -0.2) is 19.3 Å². The number of aliphatic hydroxyl groups is 2. The van der Waals surface area contributed by atoms with Crippen molar-refractivity contribution in [1.82, 2.24) is 19.5 Å². The van der Waals surface area contributed by atoms with Gasteiger partial charge in [0.25, 0.3) is 0 Å². The number of nitrogens with zero attached hydrogens (tertiary/aromatic N) is 4. The number of aromatic nitrogens is 4. The summed E-state index contributed by atoms with van der Waals surface area (Å²) in [6.45, 7) is -0.268. The average Bonchev–Trinajstić information content (AvgIpc) is 3.37. The van der Waals surface area contributed by atoms with E-state index in [1.165, 1.54) is 23.7 Å². The second-order valence-electron chi connectivity index (χ2n) is 7.05. The Morgan fingerprint density at radius 3 is 2.81 bits per heavy atom. The molecule has 1 saturated carbocycles. The zero-order chi connectivity index (χ0) is 19.0. The van der Waals surface area contributed by atoms with Gasteiger partial charge < -0.3 is 25.0 Å². The van der Waals surface area contributed by atoms with E-state index in [1.807, 2.05) is 0 Å². The van der Waals surface area contributed by atoms with Gasteiger partial charge in [0.1, 0.15) is 18.8 Å². The number of hydrogen-bond donors (Lipinski definition) is 3. The van der Waals surface area contributed by atoms with Gasteiger partial charge in [0.15, 0.2) is 35.2 Å². The molecule has 1 aliphatic carbocycles. The highest BCUT2D eigenvalue weighted by Crippen LogP contribution is 2.34. The topological polar surface area (TPSA) is 115 Å². The maximum Gasteiger partial charge on any atom is 0.173 e. The predicted molar refractivity (Wildman–Crippen MR) is 93.8 cm³/mol. The lowest BCUT2D eigenvalue weighted by Crippen LogP contribution is -2.30. The van der Waals surface area contributed by atoms with Gasteiger partial charge in [0.05, 0.1) is 12.9 Å². The fourth-order valence-electron chi connectivity index (χ4n) is 3.78. The number of anilines is 1. The number of aliphatic hydroxyl groups excluding tert-OH is 2. The van der Waals surface area contributed by atoms with Crippen molar-refractivity contribution in [2.75, 3.05) is 19.0 Å². The van der Waals surface area contributed by atoms with E-state index in [1.54, 1.807) is 7.11 Å². The molecule has 27 heavy (non-hydrogen) atoms. The highest BCUT2D eigenvalue weighted by Gasteiger charge is 2.45. The molecule has 4 rings (SSSR count). The zero-order valence-corrected chi connectivity index (χ0v) is 15.1. The Hall–Kier alpha value is -1.88. The fourth-order valence-corrected chi connectivity index (χ4v) is 3.78. The lowest BCUT2D eigenvalue weighted by atomic mass is 10.1. The molecule has 2 aromatic rings. The SMILES string of the molecule is COCc1nc(NC2CCCC2)c2ncn([C@@H]3O[C@H](CO)[C@@H](O)[C@@H]3F)c2n1. The van der Waals surface area contributed by atoms with E-state index in [2.05, 4.69) is 20.3 Å². The molecular weight excluding hydrogens is 357 g/mol. The molecular formula is C17H24FN5O4. The summed E-state index contributed by atoms with van der Waals surface area (Å²) < 4.78 is 26.7. The molecule has 0 bridgehead atoms. The molecule has 0 aromatic carbocycles. The maximum absolute atomic E-state index is 14.6. The predicted octanol–water partition coefficient (Wildman–Crippen LogP) is 0.916. The summed E-state index contributed by atoms with van der Waals surface area (Å²) in [6.07, 6.45) is 0.685. The molecule has 4 atom stereocenters. The van der Waals surface area contributed by atoms with Crippen LogP contribution in [0.25, 0.3) is 11.2 Å². The first-order valence-corrected chi connectivity index (χ1v) is 9.19. The van der Waals surface area contributed by atoms with Crippen LogP contribution in [-0.2, 0) is 16.1 Å². The summed E-state index contributed by atoms with van der Waals surface area (Å²) in [7, 11) is 1.55. The Morgan fingerprint density at radius 1 is 1.37 bits per heavy atom. The summed E-state index contributed by atoms with van der Waals surface area (Å²) in [6, 6.07) is 0.320. The lowest BCUT2D eigenvalue weighted by Gasteiger charge is -2.17. The molecule has 10 heteroatoms. The van der Waals surface area contributed by atoms with Gasteiger partial charge in [0.2, 0.25) is 0 Å². The molecule has 0 spiro atoms. The Morgan fingerprint density at radius 2 is 2.15 bits per heavy atom. The first kappa shape index (κ1) is 18.5. The van der Waals surface area contributed by atoms with E-state index in [0.29, 0.717) is 28.8 Å². The number of methoxy groups -OCH3 is 1. The number of hydrogen-bond acceptors (Lipinski definition) is 8. The van der Waals surface area contributed by atoms with Crippen molar-refractivity contribution in [2.45, 2.75) is 62.9 Å². The van der Waals surface area contributed by atoms with Crippen LogP contribution in [0.3, 0.4) is 0 Å². The highest BCUT2D eigenvalue weighted by molar-refractivity contribution is 5.83. The molecule has 0 amide bonds. The van der Waals surface area contributed by atoms with E-state index in [9.17, 15) is 14.6 Å². The van der Waals surface area contributed by atoms with Crippen molar-refractivity contribution in [3.8, 4) is 0 Å². The van der Waals surface area contributed by atoms with Crippen molar-refractivity contribution < 1.29 is 24.1 Å². The first-order chi connectivity index (χ1) is 13.1. The minimum absolute atomic E-state index is 0.201. The van der Waals surface area contributed by atoms with Crippen LogP contribution in [0.15, 0.2) is 6.33 Å². The van der Waals surface area contributed by atoms with Crippen molar-refractivity contribution in [3.05, 3.63) is 12.2 Å². The highest BCUT2D eigenvalue weighted by atomic mass is 19.1. The van der Waals surface area contributed by atoms with Crippen molar-refractivity contribution >= 4 is 17.0 Å². The Labute approximate surface area is 155 Å². The van der Waals surface area contributed by atoms with E-state index in [4.69, 9.17) is 9.47 Å². The monoisotopic (exact) mass is 381 g/mol.